The van der Waals surface area contributed by atoms with E-state index in [1.807, 2.05) is 30.3 Å². The Hall–Kier alpha value is -3.06. The number of aromatic nitrogens is 2. The monoisotopic (exact) mass is 407 g/mol. The van der Waals surface area contributed by atoms with Gasteiger partial charge in [0.1, 0.15) is 17.2 Å². The number of carbonyl (C=O) groups excluding carboxylic acids is 1. The number of amides is 1. The number of carbonyl (C=O) groups is 1. The average Bonchev–Trinajstić information content (AvgIpc) is 3.21. The highest BCUT2D eigenvalue weighted by molar-refractivity contribution is 5.94. The average molecular weight is 407 g/mol. The summed E-state index contributed by atoms with van der Waals surface area (Å²) in [6, 6.07) is 12.1. The van der Waals surface area contributed by atoms with Crippen LogP contribution >= 0.6 is 0 Å². The molecule has 0 aliphatic carbocycles. The van der Waals surface area contributed by atoms with Crippen LogP contribution in [0.15, 0.2) is 36.4 Å². The van der Waals surface area contributed by atoms with Crippen molar-refractivity contribution in [3.05, 3.63) is 42.0 Å². The summed E-state index contributed by atoms with van der Waals surface area (Å²) < 4.78 is 17.3. The first kappa shape index (κ1) is 18.9. The molecule has 0 saturated carbocycles. The summed E-state index contributed by atoms with van der Waals surface area (Å²) in [5.41, 5.74) is 3.97. The highest BCUT2D eigenvalue weighted by atomic mass is 16.5. The maximum atomic E-state index is 12.2. The summed E-state index contributed by atoms with van der Waals surface area (Å²) >= 11 is 0. The molecule has 7 nitrogen and oxygen atoms in total. The molecular formula is C23H25N3O4. The lowest BCUT2D eigenvalue weighted by Gasteiger charge is -2.23. The molecule has 5 rings (SSSR count). The number of ether oxygens (including phenoxy) is 3. The quantitative estimate of drug-likeness (QED) is 0.646. The van der Waals surface area contributed by atoms with Crippen LogP contribution in [0, 0.1) is 0 Å². The maximum absolute atomic E-state index is 12.2. The third-order valence-corrected chi connectivity index (χ3v) is 5.71. The number of H-pyrrole nitrogens is 1. The molecule has 7 heteroatoms. The molecule has 1 saturated heterocycles. The number of nitrogens with one attached hydrogen (secondary N) is 2. The first-order chi connectivity index (χ1) is 14.8. The number of hydrogen-bond acceptors (Lipinski definition) is 5. The Bertz CT molecular complexity index is 1060. The molecular weight excluding hydrogens is 382 g/mol. The maximum Gasteiger partial charge on any atom is 0.257 e. The summed E-state index contributed by atoms with van der Waals surface area (Å²) in [7, 11) is 0. The molecule has 2 aliphatic rings. The number of fused-ring (bicyclic) bond motifs is 4. The minimum Gasteiger partial charge on any atom is -0.494 e. The highest BCUT2D eigenvalue weighted by Gasteiger charge is 2.20. The summed E-state index contributed by atoms with van der Waals surface area (Å²) in [6.07, 6.45) is 2.68. The smallest absolute Gasteiger partial charge is 0.257 e. The van der Waals surface area contributed by atoms with Crippen LogP contribution < -0.4 is 14.8 Å². The Labute approximate surface area is 174 Å². The number of hydrogen-bond donors (Lipinski definition) is 2. The van der Waals surface area contributed by atoms with Crippen molar-refractivity contribution in [3.8, 4) is 22.8 Å². The Balaban J connectivity index is 1.60. The van der Waals surface area contributed by atoms with E-state index in [-0.39, 0.29) is 12.5 Å². The Kier molecular flexibility index (Phi) is 5.27. The molecule has 0 radical (unpaired) electrons. The minimum atomic E-state index is -0.134. The lowest BCUT2D eigenvalue weighted by molar-refractivity contribution is -0.123. The van der Waals surface area contributed by atoms with Gasteiger partial charge in [0.2, 0.25) is 0 Å². The zero-order valence-electron chi connectivity index (χ0n) is 16.8. The zero-order valence-corrected chi connectivity index (χ0v) is 16.8. The predicted molar refractivity (Wildman–Crippen MR) is 113 cm³/mol. The lowest BCUT2D eigenvalue weighted by atomic mass is 9.89. The van der Waals surface area contributed by atoms with Crippen molar-refractivity contribution in [2.24, 2.45) is 0 Å². The molecule has 3 aromatic rings. The summed E-state index contributed by atoms with van der Waals surface area (Å²) in [5, 5.41) is 11.6. The molecule has 4 bridgehead atoms. The van der Waals surface area contributed by atoms with Crippen LogP contribution in [0.5, 0.6) is 11.5 Å². The highest BCUT2D eigenvalue weighted by Crippen LogP contribution is 2.36. The van der Waals surface area contributed by atoms with E-state index in [0.717, 1.165) is 60.4 Å². The molecule has 3 heterocycles. The van der Waals surface area contributed by atoms with Crippen molar-refractivity contribution >= 4 is 16.8 Å². The molecule has 1 fully saturated rings. The second-order valence-corrected chi connectivity index (χ2v) is 7.80. The van der Waals surface area contributed by atoms with Gasteiger partial charge in [0.05, 0.1) is 12.1 Å². The minimum absolute atomic E-state index is 0.0126. The number of aromatic amines is 1. The van der Waals surface area contributed by atoms with Crippen LogP contribution in [0.3, 0.4) is 0 Å². The molecule has 2 N–H and O–H groups in total. The first-order valence-electron chi connectivity index (χ1n) is 10.5. The number of nitrogens with zero attached hydrogens (tertiary/aromatic N) is 1. The van der Waals surface area contributed by atoms with E-state index in [9.17, 15) is 4.79 Å². The lowest BCUT2D eigenvalue weighted by Crippen LogP contribution is -2.30. The fraction of sp³-hybridized carbons (Fsp3) is 0.391. The summed E-state index contributed by atoms with van der Waals surface area (Å²) in [5.74, 6) is 1.75. The molecule has 2 aliphatic heterocycles. The third-order valence-electron chi connectivity index (χ3n) is 5.71. The standard InChI is InChI=1S/C23H25N3O4/c27-22-14-30-19-11-16(15-4-8-28-9-5-15)10-17(12-19)23-20-13-18(29-7-1-6-24-22)2-3-21(20)25-26-23/h2-3,10-13,15H,1,4-9,14H2,(H,24,27)(H,25,26). The van der Waals surface area contributed by atoms with E-state index in [4.69, 9.17) is 14.2 Å². The second kappa shape index (κ2) is 8.36. The number of rotatable bonds is 1. The van der Waals surface area contributed by atoms with Crippen molar-refractivity contribution < 1.29 is 19.0 Å². The third kappa shape index (κ3) is 3.98. The molecule has 1 amide bonds. The zero-order chi connectivity index (χ0) is 20.3. The van der Waals surface area contributed by atoms with Crippen molar-refractivity contribution in [2.75, 3.05) is 33.0 Å². The van der Waals surface area contributed by atoms with Crippen LogP contribution in [0.25, 0.3) is 22.2 Å². The summed E-state index contributed by atoms with van der Waals surface area (Å²) in [4.78, 5) is 12.2. The van der Waals surface area contributed by atoms with Crippen molar-refractivity contribution in [2.45, 2.75) is 25.2 Å². The van der Waals surface area contributed by atoms with E-state index in [2.05, 4.69) is 21.6 Å². The van der Waals surface area contributed by atoms with Gasteiger partial charge in [0.15, 0.2) is 6.61 Å². The molecule has 0 spiro atoms. The molecule has 30 heavy (non-hydrogen) atoms. The van der Waals surface area contributed by atoms with Gasteiger partial charge in [0, 0.05) is 30.7 Å². The van der Waals surface area contributed by atoms with Gasteiger partial charge >= 0.3 is 0 Å². The van der Waals surface area contributed by atoms with E-state index in [0.29, 0.717) is 24.8 Å². The van der Waals surface area contributed by atoms with Gasteiger partial charge < -0.3 is 19.5 Å². The van der Waals surface area contributed by atoms with Gasteiger partial charge in [-0.25, -0.2) is 0 Å². The largest absolute Gasteiger partial charge is 0.494 e. The van der Waals surface area contributed by atoms with Crippen molar-refractivity contribution in [3.63, 3.8) is 0 Å². The SMILES string of the molecule is O=C1COc2cc(cc(C3CCOCC3)c2)-c2n[nH]c3ccc(cc23)OCCCN1. The van der Waals surface area contributed by atoms with Gasteiger partial charge in [-0.3, -0.25) is 9.89 Å². The first-order valence-corrected chi connectivity index (χ1v) is 10.5. The normalized spacial score (nSPS) is 18.2. The van der Waals surface area contributed by atoms with E-state index in [1.165, 1.54) is 5.56 Å². The Morgan fingerprint density at radius 2 is 1.87 bits per heavy atom. The van der Waals surface area contributed by atoms with Crippen LogP contribution in [0.1, 0.15) is 30.7 Å². The summed E-state index contributed by atoms with van der Waals surface area (Å²) in [6.45, 7) is 2.59. The fourth-order valence-electron chi connectivity index (χ4n) is 4.10. The topological polar surface area (TPSA) is 85.5 Å². The van der Waals surface area contributed by atoms with Gasteiger partial charge in [-0.2, -0.15) is 5.10 Å². The van der Waals surface area contributed by atoms with E-state index in [1.54, 1.807) is 0 Å². The Morgan fingerprint density at radius 3 is 2.77 bits per heavy atom. The van der Waals surface area contributed by atoms with Gasteiger partial charge in [-0.15, -0.1) is 0 Å². The molecule has 0 atom stereocenters. The number of benzene rings is 2. The van der Waals surface area contributed by atoms with Crippen LogP contribution in [0.2, 0.25) is 0 Å². The predicted octanol–water partition coefficient (Wildman–Crippen LogP) is 3.40. The van der Waals surface area contributed by atoms with Crippen molar-refractivity contribution in [1.29, 1.82) is 0 Å². The van der Waals surface area contributed by atoms with Crippen molar-refractivity contribution in [1.82, 2.24) is 15.5 Å². The molecule has 1 aromatic heterocycles. The molecule has 0 unspecified atom stereocenters. The van der Waals surface area contributed by atoms with Gasteiger partial charge in [-0.1, -0.05) is 0 Å². The van der Waals surface area contributed by atoms with Gasteiger partial charge in [0.25, 0.3) is 5.91 Å². The van der Waals surface area contributed by atoms with E-state index < -0.39 is 0 Å². The Morgan fingerprint density at radius 1 is 0.967 bits per heavy atom. The molecule has 2 aromatic carbocycles. The van der Waals surface area contributed by atoms with Crippen LogP contribution in [0.4, 0.5) is 0 Å². The van der Waals surface area contributed by atoms with Gasteiger partial charge in [-0.05, 0) is 67.1 Å². The van der Waals surface area contributed by atoms with Crippen LogP contribution in [-0.2, 0) is 9.53 Å². The van der Waals surface area contributed by atoms with Crippen LogP contribution in [-0.4, -0.2) is 49.1 Å². The van der Waals surface area contributed by atoms with E-state index >= 15 is 0 Å². The second-order valence-electron chi connectivity index (χ2n) is 7.80. The molecule has 156 valence electrons. The fourth-order valence-corrected chi connectivity index (χ4v) is 4.10.